The number of nitrogen functional groups attached to an aromatic ring is 1. The lowest BCUT2D eigenvalue weighted by molar-refractivity contribution is -0.117. The van der Waals surface area contributed by atoms with E-state index in [1.165, 1.54) is 0 Å². The number of benzene rings is 2. The predicted molar refractivity (Wildman–Crippen MR) is 84.1 cm³/mol. The minimum absolute atomic E-state index is 0.165. The van der Waals surface area contributed by atoms with E-state index in [9.17, 15) is 4.79 Å². The standard InChI is InChI=1S/C16H14ClN3O/c1-10(11-3-2-4-13(19)7-11)16(21)20-14-6-5-12(9-18)15(17)8-14/h2-8,10H,19H2,1H3,(H,20,21). The second-order valence-electron chi connectivity index (χ2n) is 4.69. The topological polar surface area (TPSA) is 78.9 Å². The number of rotatable bonds is 3. The van der Waals surface area contributed by atoms with Gasteiger partial charge in [0.25, 0.3) is 0 Å². The number of carbonyl (C=O) groups excluding carboxylic acids is 1. The van der Waals surface area contributed by atoms with Gasteiger partial charge < -0.3 is 11.1 Å². The Hall–Kier alpha value is -2.51. The molecule has 0 spiro atoms. The highest BCUT2D eigenvalue weighted by Crippen LogP contribution is 2.23. The zero-order chi connectivity index (χ0) is 15.4. The van der Waals surface area contributed by atoms with Crippen LogP contribution in [-0.4, -0.2) is 5.91 Å². The van der Waals surface area contributed by atoms with Crippen molar-refractivity contribution in [3.05, 3.63) is 58.6 Å². The molecule has 1 atom stereocenters. The van der Waals surface area contributed by atoms with Crippen LogP contribution in [0, 0.1) is 11.3 Å². The quantitative estimate of drug-likeness (QED) is 0.851. The molecular weight excluding hydrogens is 286 g/mol. The molecule has 0 aromatic heterocycles. The van der Waals surface area contributed by atoms with Gasteiger partial charge in [0.1, 0.15) is 6.07 Å². The molecule has 5 heteroatoms. The van der Waals surface area contributed by atoms with Crippen molar-refractivity contribution in [3.8, 4) is 6.07 Å². The molecule has 2 aromatic rings. The van der Waals surface area contributed by atoms with Crippen molar-refractivity contribution in [2.45, 2.75) is 12.8 Å². The van der Waals surface area contributed by atoms with Gasteiger partial charge in [-0.25, -0.2) is 0 Å². The molecule has 21 heavy (non-hydrogen) atoms. The van der Waals surface area contributed by atoms with E-state index < -0.39 is 0 Å². The molecule has 0 bridgehead atoms. The number of nitrogens with zero attached hydrogens (tertiary/aromatic N) is 1. The highest BCUT2D eigenvalue weighted by molar-refractivity contribution is 6.32. The van der Waals surface area contributed by atoms with Crippen molar-refractivity contribution < 1.29 is 4.79 Å². The Morgan fingerprint density at radius 3 is 2.71 bits per heavy atom. The molecule has 0 radical (unpaired) electrons. The van der Waals surface area contributed by atoms with Crippen molar-refractivity contribution >= 4 is 28.9 Å². The van der Waals surface area contributed by atoms with Crippen LogP contribution in [0.15, 0.2) is 42.5 Å². The van der Waals surface area contributed by atoms with Crippen molar-refractivity contribution in [3.63, 3.8) is 0 Å². The average molecular weight is 300 g/mol. The summed E-state index contributed by atoms with van der Waals surface area (Å²) in [5.74, 6) is -0.510. The van der Waals surface area contributed by atoms with E-state index in [4.69, 9.17) is 22.6 Å². The first-order valence-electron chi connectivity index (χ1n) is 6.37. The Kier molecular flexibility index (Phi) is 4.46. The third-order valence-electron chi connectivity index (χ3n) is 3.16. The molecule has 0 aliphatic carbocycles. The third-order valence-corrected chi connectivity index (χ3v) is 3.47. The lowest BCUT2D eigenvalue weighted by Crippen LogP contribution is -2.19. The highest BCUT2D eigenvalue weighted by Gasteiger charge is 2.16. The Labute approximate surface area is 128 Å². The van der Waals surface area contributed by atoms with Crippen molar-refractivity contribution in [1.29, 1.82) is 5.26 Å². The van der Waals surface area contributed by atoms with Gasteiger partial charge in [0, 0.05) is 11.4 Å². The third kappa shape index (κ3) is 3.53. The van der Waals surface area contributed by atoms with Crippen LogP contribution in [0.5, 0.6) is 0 Å². The van der Waals surface area contributed by atoms with Crippen LogP contribution in [0.2, 0.25) is 5.02 Å². The number of nitrogens with two attached hydrogens (primary N) is 1. The first-order chi connectivity index (χ1) is 10.0. The summed E-state index contributed by atoms with van der Waals surface area (Å²) in [6.45, 7) is 1.80. The lowest BCUT2D eigenvalue weighted by Gasteiger charge is -2.13. The number of halogens is 1. The van der Waals surface area contributed by atoms with E-state index in [2.05, 4.69) is 5.32 Å². The zero-order valence-electron chi connectivity index (χ0n) is 11.4. The summed E-state index contributed by atoms with van der Waals surface area (Å²) >= 11 is 5.94. The number of anilines is 2. The molecule has 1 amide bonds. The van der Waals surface area contributed by atoms with Crippen LogP contribution >= 0.6 is 11.6 Å². The molecule has 0 fully saturated rings. The molecule has 0 saturated heterocycles. The number of hydrogen-bond acceptors (Lipinski definition) is 3. The molecule has 2 aromatic carbocycles. The van der Waals surface area contributed by atoms with E-state index in [-0.39, 0.29) is 11.8 Å². The predicted octanol–water partition coefficient (Wildman–Crippen LogP) is 3.54. The summed E-state index contributed by atoms with van der Waals surface area (Å²) in [5.41, 5.74) is 8.11. The van der Waals surface area contributed by atoms with Gasteiger partial charge in [-0.2, -0.15) is 5.26 Å². The van der Waals surface area contributed by atoms with Gasteiger partial charge >= 0.3 is 0 Å². The fourth-order valence-corrected chi connectivity index (χ4v) is 2.14. The zero-order valence-corrected chi connectivity index (χ0v) is 12.2. The second-order valence-corrected chi connectivity index (χ2v) is 5.09. The molecule has 4 nitrogen and oxygen atoms in total. The first-order valence-corrected chi connectivity index (χ1v) is 6.75. The average Bonchev–Trinajstić information content (AvgIpc) is 2.46. The number of carbonyl (C=O) groups is 1. The highest BCUT2D eigenvalue weighted by atomic mass is 35.5. The monoisotopic (exact) mass is 299 g/mol. The van der Waals surface area contributed by atoms with Crippen LogP contribution in [0.1, 0.15) is 24.0 Å². The van der Waals surface area contributed by atoms with E-state index >= 15 is 0 Å². The van der Waals surface area contributed by atoms with Gasteiger partial charge in [0.2, 0.25) is 5.91 Å². The van der Waals surface area contributed by atoms with E-state index in [1.54, 1.807) is 37.3 Å². The number of nitriles is 1. The molecule has 0 aliphatic rings. The Balaban J connectivity index is 2.14. The summed E-state index contributed by atoms with van der Waals surface area (Å²) < 4.78 is 0. The van der Waals surface area contributed by atoms with Gasteiger partial charge in [-0.3, -0.25) is 4.79 Å². The fourth-order valence-electron chi connectivity index (χ4n) is 1.91. The van der Waals surface area contributed by atoms with Gasteiger partial charge in [-0.1, -0.05) is 23.7 Å². The molecule has 0 heterocycles. The Bertz CT molecular complexity index is 722. The van der Waals surface area contributed by atoms with Crippen LogP contribution in [0.3, 0.4) is 0 Å². The number of amides is 1. The van der Waals surface area contributed by atoms with Crippen LogP contribution in [-0.2, 0) is 4.79 Å². The maximum Gasteiger partial charge on any atom is 0.231 e. The molecule has 106 valence electrons. The summed E-state index contributed by atoms with van der Waals surface area (Å²) in [5, 5.41) is 11.9. The van der Waals surface area contributed by atoms with E-state index in [1.807, 2.05) is 18.2 Å². The maximum absolute atomic E-state index is 12.2. The smallest absolute Gasteiger partial charge is 0.231 e. The van der Waals surface area contributed by atoms with Crippen molar-refractivity contribution in [1.82, 2.24) is 0 Å². The molecule has 0 aliphatic heterocycles. The van der Waals surface area contributed by atoms with Crippen LogP contribution in [0.4, 0.5) is 11.4 Å². The van der Waals surface area contributed by atoms with E-state index in [0.29, 0.717) is 22.0 Å². The van der Waals surface area contributed by atoms with Gasteiger partial charge in [0.15, 0.2) is 0 Å². The summed E-state index contributed by atoms with van der Waals surface area (Å²) in [7, 11) is 0. The molecule has 3 N–H and O–H groups in total. The normalized spacial score (nSPS) is 11.5. The minimum atomic E-state index is -0.345. The fraction of sp³-hybridized carbons (Fsp3) is 0.125. The van der Waals surface area contributed by atoms with Gasteiger partial charge in [-0.05, 0) is 42.8 Å². The summed E-state index contributed by atoms with van der Waals surface area (Å²) in [4.78, 5) is 12.2. The SMILES string of the molecule is CC(C(=O)Nc1ccc(C#N)c(Cl)c1)c1cccc(N)c1. The van der Waals surface area contributed by atoms with E-state index in [0.717, 1.165) is 5.56 Å². The maximum atomic E-state index is 12.2. The largest absolute Gasteiger partial charge is 0.399 e. The van der Waals surface area contributed by atoms with Gasteiger partial charge in [-0.15, -0.1) is 0 Å². The van der Waals surface area contributed by atoms with Crippen molar-refractivity contribution in [2.75, 3.05) is 11.1 Å². The molecule has 2 rings (SSSR count). The number of nitrogens with one attached hydrogen (secondary N) is 1. The van der Waals surface area contributed by atoms with Gasteiger partial charge in [0.05, 0.1) is 16.5 Å². The molecular formula is C16H14ClN3O. The molecule has 1 unspecified atom stereocenters. The van der Waals surface area contributed by atoms with Crippen LogP contribution < -0.4 is 11.1 Å². The van der Waals surface area contributed by atoms with Crippen LogP contribution in [0.25, 0.3) is 0 Å². The summed E-state index contributed by atoms with van der Waals surface area (Å²) in [6, 6.07) is 14.0. The van der Waals surface area contributed by atoms with Crippen molar-refractivity contribution in [2.24, 2.45) is 0 Å². The summed E-state index contributed by atoms with van der Waals surface area (Å²) in [6.07, 6.45) is 0. The molecule has 0 saturated carbocycles. The Morgan fingerprint density at radius 1 is 1.33 bits per heavy atom. The number of hydrogen-bond donors (Lipinski definition) is 2. The Morgan fingerprint density at radius 2 is 2.10 bits per heavy atom. The second kappa shape index (κ2) is 6.29. The lowest BCUT2D eigenvalue weighted by atomic mass is 10.00. The first kappa shape index (κ1) is 14.9. The minimum Gasteiger partial charge on any atom is -0.399 e.